The van der Waals surface area contributed by atoms with Crippen LogP contribution < -0.4 is 14.8 Å². The van der Waals surface area contributed by atoms with Gasteiger partial charge in [-0.2, -0.15) is 0 Å². The monoisotopic (exact) mass is 429 g/mol. The SMILES string of the molecule is CCc1ccc(OCCn2c(CNC(=O)c3ccc(OC)cc3)nc3ccccc32)cc1. The fourth-order valence-corrected chi connectivity index (χ4v) is 3.59. The molecule has 0 aliphatic rings. The van der Waals surface area contributed by atoms with Gasteiger partial charge in [0.05, 0.1) is 31.2 Å². The van der Waals surface area contributed by atoms with Crippen LogP contribution in [-0.2, 0) is 19.5 Å². The number of imidazole rings is 1. The molecule has 0 spiro atoms. The van der Waals surface area contributed by atoms with E-state index < -0.39 is 0 Å². The topological polar surface area (TPSA) is 65.4 Å². The summed E-state index contributed by atoms with van der Waals surface area (Å²) >= 11 is 0. The number of amides is 1. The molecule has 0 bridgehead atoms. The highest BCUT2D eigenvalue weighted by molar-refractivity contribution is 5.94. The van der Waals surface area contributed by atoms with Gasteiger partial charge in [0.15, 0.2) is 0 Å². The molecular formula is C26H27N3O3. The van der Waals surface area contributed by atoms with E-state index in [1.54, 1.807) is 31.4 Å². The van der Waals surface area contributed by atoms with Gasteiger partial charge in [-0.3, -0.25) is 4.79 Å². The molecule has 6 nitrogen and oxygen atoms in total. The zero-order chi connectivity index (χ0) is 22.3. The van der Waals surface area contributed by atoms with Crippen LogP contribution >= 0.6 is 0 Å². The fraction of sp³-hybridized carbons (Fsp3) is 0.231. The molecule has 164 valence electrons. The summed E-state index contributed by atoms with van der Waals surface area (Å²) in [5.41, 5.74) is 3.78. The van der Waals surface area contributed by atoms with Gasteiger partial charge in [-0.1, -0.05) is 31.2 Å². The number of para-hydroxylation sites is 2. The van der Waals surface area contributed by atoms with Gasteiger partial charge in [0, 0.05) is 5.56 Å². The highest BCUT2D eigenvalue weighted by Crippen LogP contribution is 2.18. The van der Waals surface area contributed by atoms with Crippen molar-refractivity contribution in [1.29, 1.82) is 0 Å². The lowest BCUT2D eigenvalue weighted by atomic mass is 10.2. The lowest BCUT2D eigenvalue weighted by Gasteiger charge is -2.12. The molecule has 0 aliphatic carbocycles. The van der Waals surface area contributed by atoms with Gasteiger partial charge < -0.3 is 19.4 Å². The summed E-state index contributed by atoms with van der Waals surface area (Å²) in [6.45, 7) is 3.59. The number of nitrogens with one attached hydrogen (secondary N) is 1. The predicted molar refractivity (Wildman–Crippen MR) is 125 cm³/mol. The Morgan fingerprint density at radius 3 is 2.41 bits per heavy atom. The van der Waals surface area contributed by atoms with Gasteiger partial charge in [0.25, 0.3) is 5.91 Å². The molecule has 6 heteroatoms. The zero-order valence-electron chi connectivity index (χ0n) is 18.4. The number of carbonyl (C=O) groups is 1. The van der Waals surface area contributed by atoms with E-state index >= 15 is 0 Å². The van der Waals surface area contributed by atoms with Crippen LogP contribution in [0, 0.1) is 0 Å². The van der Waals surface area contributed by atoms with E-state index in [-0.39, 0.29) is 5.91 Å². The van der Waals surface area contributed by atoms with Crippen molar-refractivity contribution < 1.29 is 14.3 Å². The van der Waals surface area contributed by atoms with Crippen LogP contribution in [0.15, 0.2) is 72.8 Å². The van der Waals surface area contributed by atoms with Crippen molar-refractivity contribution in [1.82, 2.24) is 14.9 Å². The number of hydrogen-bond acceptors (Lipinski definition) is 4. The maximum absolute atomic E-state index is 12.6. The number of ether oxygens (including phenoxy) is 2. The van der Waals surface area contributed by atoms with Crippen molar-refractivity contribution in [3.63, 3.8) is 0 Å². The average Bonchev–Trinajstić information content (AvgIpc) is 3.20. The first-order valence-corrected chi connectivity index (χ1v) is 10.8. The molecule has 3 aromatic carbocycles. The minimum atomic E-state index is -0.154. The van der Waals surface area contributed by atoms with Crippen LogP contribution in [0.1, 0.15) is 28.7 Å². The molecular weight excluding hydrogens is 402 g/mol. The summed E-state index contributed by atoms with van der Waals surface area (Å²) in [6, 6.07) is 23.2. The Labute approximate surface area is 187 Å². The van der Waals surface area contributed by atoms with Gasteiger partial charge in [-0.05, 0) is 60.5 Å². The Kier molecular flexibility index (Phi) is 6.70. The Hall–Kier alpha value is -3.80. The molecule has 1 amide bonds. The van der Waals surface area contributed by atoms with Crippen LogP contribution in [0.5, 0.6) is 11.5 Å². The quantitative estimate of drug-likeness (QED) is 0.422. The lowest BCUT2D eigenvalue weighted by molar-refractivity contribution is 0.0949. The van der Waals surface area contributed by atoms with E-state index in [0.717, 1.165) is 29.0 Å². The highest BCUT2D eigenvalue weighted by atomic mass is 16.5. The Bertz CT molecular complexity index is 1180. The molecule has 0 aliphatic heterocycles. The predicted octanol–water partition coefficient (Wildman–Crippen LogP) is 4.62. The summed E-state index contributed by atoms with van der Waals surface area (Å²) in [6.07, 6.45) is 1.01. The number of aromatic nitrogens is 2. The second-order valence-electron chi connectivity index (χ2n) is 7.43. The first kappa shape index (κ1) is 21.4. The second kappa shape index (κ2) is 10.0. The number of hydrogen-bond donors (Lipinski definition) is 1. The third kappa shape index (κ3) is 4.91. The van der Waals surface area contributed by atoms with E-state index in [0.29, 0.717) is 31.0 Å². The molecule has 0 radical (unpaired) electrons. The lowest BCUT2D eigenvalue weighted by Crippen LogP contribution is -2.25. The number of aryl methyl sites for hydroxylation is 1. The number of nitrogens with zero attached hydrogens (tertiary/aromatic N) is 2. The number of carbonyl (C=O) groups excluding carboxylic acids is 1. The van der Waals surface area contributed by atoms with Crippen molar-refractivity contribution in [3.8, 4) is 11.5 Å². The van der Waals surface area contributed by atoms with Gasteiger partial charge in [-0.15, -0.1) is 0 Å². The highest BCUT2D eigenvalue weighted by Gasteiger charge is 2.13. The largest absolute Gasteiger partial charge is 0.497 e. The molecule has 0 atom stereocenters. The van der Waals surface area contributed by atoms with Gasteiger partial charge in [0.2, 0.25) is 0 Å². The molecule has 1 N–H and O–H groups in total. The van der Waals surface area contributed by atoms with Crippen LogP contribution in [0.25, 0.3) is 11.0 Å². The molecule has 0 unspecified atom stereocenters. The number of methoxy groups -OCH3 is 1. The first-order chi connectivity index (χ1) is 15.7. The van der Waals surface area contributed by atoms with Crippen molar-refractivity contribution >= 4 is 16.9 Å². The van der Waals surface area contributed by atoms with Crippen molar-refractivity contribution in [3.05, 3.63) is 89.7 Å². The molecule has 0 saturated carbocycles. The van der Waals surface area contributed by atoms with Gasteiger partial charge >= 0.3 is 0 Å². The van der Waals surface area contributed by atoms with E-state index in [2.05, 4.69) is 28.9 Å². The standard InChI is InChI=1S/C26H27N3O3/c1-3-19-8-12-22(13-9-19)32-17-16-29-24-7-5-4-6-23(24)28-25(29)18-27-26(30)20-10-14-21(31-2)15-11-20/h4-15H,3,16-18H2,1-2H3,(H,27,30). The first-order valence-electron chi connectivity index (χ1n) is 10.8. The van der Waals surface area contributed by atoms with Crippen LogP contribution in [0.2, 0.25) is 0 Å². The molecule has 32 heavy (non-hydrogen) atoms. The van der Waals surface area contributed by atoms with Crippen molar-refractivity contribution in [2.45, 2.75) is 26.4 Å². The summed E-state index contributed by atoms with van der Waals surface area (Å²) in [4.78, 5) is 17.3. The number of benzene rings is 3. The van der Waals surface area contributed by atoms with Crippen LogP contribution in [-0.4, -0.2) is 29.2 Å². The summed E-state index contributed by atoms with van der Waals surface area (Å²) in [5.74, 6) is 2.20. The minimum absolute atomic E-state index is 0.154. The van der Waals surface area contributed by atoms with Crippen LogP contribution in [0.4, 0.5) is 0 Å². The summed E-state index contributed by atoms with van der Waals surface area (Å²) in [7, 11) is 1.60. The smallest absolute Gasteiger partial charge is 0.251 e. The molecule has 1 aromatic heterocycles. The Morgan fingerprint density at radius 1 is 0.969 bits per heavy atom. The number of fused-ring (bicyclic) bond motifs is 1. The van der Waals surface area contributed by atoms with E-state index in [9.17, 15) is 4.79 Å². The van der Waals surface area contributed by atoms with E-state index in [1.807, 2.05) is 36.4 Å². The zero-order valence-corrected chi connectivity index (χ0v) is 18.4. The van der Waals surface area contributed by atoms with E-state index in [1.165, 1.54) is 5.56 Å². The Morgan fingerprint density at radius 2 is 1.69 bits per heavy atom. The van der Waals surface area contributed by atoms with Crippen molar-refractivity contribution in [2.24, 2.45) is 0 Å². The Balaban J connectivity index is 1.45. The number of rotatable bonds is 9. The van der Waals surface area contributed by atoms with Gasteiger partial charge in [-0.25, -0.2) is 4.98 Å². The second-order valence-corrected chi connectivity index (χ2v) is 7.43. The molecule has 0 fully saturated rings. The van der Waals surface area contributed by atoms with Gasteiger partial charge in [0.1, 0.15) is 23.9 Å². The maximum atomic E-state index is 12.6. The fourth-order valence-electron chi connectivity index (χ4n) is 3.59. The molecule has 1 heterocycles. The molecule has 4 rings (SSSR count). The average molecular weight is 430 g/mol. The summed E-state index contributed by atoms with van der Waals surface area (Å²) in [5, 5.41) is 2.97. The van der Waals surface area contributed by atoms with Crippen LogP contribution in [0.3, 0.4) is 0 Å². The van der Waals surface area contributed by atoms with Crippen molar-refractivity contribution in [2.75, 3.05) is 13.7 Å². The molecule has 4 aromatic rings. The minimum Gasteiger partial charge on any atom is -0.497 e. The summed E-state index contributed by atoms with van der Waals surface area (Å²) < 4.78 is 13.2. The third-order valence-electron chi connectivity index (χ3n) is 5.41. The maximum Gasteiger partial charge on any atom is 0.251 e. The van der Waals surface area contributed by atoms with E-state index in [4.69, 9.17) is 14.5 Å². The normalized spacial score (nSPS) is 10.8. The molecule has 0 saturated heterocycles. The third-order valence-corrected chi connectivity index (χ3v) is 5.41.